The highest BCUT2D eigenvalue weighted by Crippen LogP contribution is 2.39. The molecule has 1 aliphatic rings. The Hall–Kier alpha value is -1.31. The summed E-state index contributed by atoms with van der Waals surface area (Å²) in [6, 6.07) is 6.61. The maximum atomic E-state index is 11.1. The number of rotatable bonds is 3. The van der Waals surface area contributed by atoms with E-state index >= 15 is 0 Å². The molecule has 0 radical (unpaired) electrons. The van der Waals surface area contributed by atoms with Crippen molar-refractivity contribution in [3.8, 4) is 0 Å². The van der Waals surface area contributed by atoms with E-state index in [2.05, 4.69) is 39.0 Å². The quantitative estimate of drug-likeness (QED) is 0.885. The predicted octanol–water partition coefficient (Wildman–Crippen LogP) is 4.17. The minimum atomic E-state index is -0.711. The van der Waals surface area contributed by atoms with Crippen LogP contribution in [0.3, 0.4) is 0 Å². The molecule has 0 heterocycles. The van der Waals surface area contributed by atoms with Crippen molar-refractivity contribution in [1.29, 1.82) is 0 Å². The summed E-state index contributed by atoms with van der Waals surface area (Å²) in [5.41, 5.74) is 4.05. The maximum absolute atomic E-state index is 11.1. The van der Waals surface area contributed by atoms with E-state index in [1.807, 2.05) is 0 Å². The molecule has 2 rings (SSSR count). The molecular weight excluding hydrogens is 236 g/mol. The molecule has 2 heteroatoms. The van der Waals surface area contributed by atoms with Gasteiger partial charge in [-0.3, -0.25) is 4.79 Å². The average molecular weight is 260 g/mol. The molecule has 1 atom stereocenters. The molecule has 0 bridgehead atoms. The molecule has 1 aliphatic carbocycles. The molecule has 0 aliphatic heterocycles. The van der Waals surface area contributed by atoms with Gasteiger partial charge in [-0.05, 0) is 53.7 Å². The second-order valence-electron chi connectivity index (χ2n) is 6.75. The van der Waals surface area contributed by atoms with Crippen LogP contribution in [0.4, 0.5) is 0 Å². The molecule has 0 saturated heterocycles. The molecule has 1 aromatic carbocycles. The van der Waals surface area contributed by atoms with Crippen molar-refractivity contribution in [2.45, 2.75) is 58.8 Å². The van der Waals surface area contributed by atoms with E-state index in [-0.39, 0.29) is 17.8 Å². The van der Waals surface area contributed by atoms with Gasteiger partial charge in [-0.1, -0.05) is 39.0 Å². The van der Waals surface area contributed by atoms with E-state index in [9.17, 15) is 4.79 Å². The third kappa shape index (κ3) is 3.37. The molecule has 19 heavy (non-hydrogen) atoms. The first-order valence-electron chi connectivity index (χ1n) is 7.21. The Bertz CT molecular complexity index is 469. The fraction of sp³-hybridized carbons (Fsp3) is 0.588. The van der Waals surface area contributed by atoms with Gasteiger partial charge >= 0.3 is 5.97 Å². The summed E-state index contributed by atoms with van der Waals surface area (Å²) < 4.78 is 0. The van der Waals surface area contributed by atoms with E-state index in [0.29, 0.717) is 0 Å². The smallest absolute Gasteiger partial charge is 0.303 e. The van der Waals surface area contributed by atoms with Gasteiger partial charge in [-0.15, -0.1) is 0 Å². The van der Waals surface area contributed by atoms with Crippen LogP contribution in [0.25, 0.3) is 0 Å². The summed E-state index contributed by atoms with van der Waals surface area (Å²) in [5.74, 6) is -0.630. The minimum absolute atomic E-state index is 0.0265. The zero-order chi connectivity index (χ0) is 14.0. The average Bonchev–Trinajstić information content (AvgIpc) is 2.34. The van der Waals surface area contributed by atoms with E-state index in [4.69, 9.17) is 5.11 Å². The van der Waals surface area contributed by atoms with E-state index in [0.717, 1.165) is 6.42 Å². The van der Waals surface area contributed by atoms with E-state index in [1.54, 1.807) is 0 Å². The van der Waals surface area contributed by atoms with Gasteiger partial charge in [0.15, 0.2) is 0 Å². The lowest BCUT2D eigenvalue weighted by molar-refractivity contribution is -0.138. The van der Waals surface area contributed by atoms with Crippen molar-refractivity contribution in [2.24, 2.45) is 5.41 Å². The van der Waals surface area contributed by atoms with Crippen LogP contribution in [0, 0.1) is 5.41 Å². The molecule has 104 valence electrons. The number of aryl methyl sites for hydroxylation is 2. The number of hydrogen-bond donors (Lipinski definition) is 1. The third-order valence-corrected chi connectivity index (χ3v) is 4.20. The lowest BCUT2D eigenvalue weighted by Crippen LogP contribution is -2.22. The van der Waals surface area contributed by atoms with Crippen LogP contribution < -0.4 is 0 Å². The first-order chi connectivity index (χ1) is 8.88. The molecule has 0 spiro atoms. The Labute approximate surface area is 115 Å². The van der Waals surface area contributed by atoms with Gasteiger partial charge in [-0.25, -0.2) is 0 Å². The summed E-state index contributed by atoms with van der Waals surface area (Å²) in [7, 11) is 0. The van der Waals surface area contributed by atoms with Gasteiger partial charge in [-0.2, -0.15) is 0 Å². The Kier molecular flexibility index (Phi) is 3.98. The highest BCUT2D eigenvalue weighted by atomic mass is 16.4. The fourth-order valence-corrected chi connectivity index (χ4v) is 3.07. The van der Waals surface area contributed by atoms with E-state index in [1.165, 1.54) is 36.0 Å². The van der Waals surface area contributed by atoms with Gasteiger partial charge in [0.25, 0.3) is 0 Å². The van der Waals surface area contributed by atoms with E-state index < -0.39 is 5.97 Å². The second kappa shape index (κ2) is 5.36. The predicted molar refractivity (Wildman–Crippen MR) is 77.5 cm³/mol. The van der Waals surface area contributed by atoms with Crippen LogP contribution in [-0.2, 0) is 17.6 Å². The van der Waals surface area contributed by atoms with Crippen molar-refractivity contribution in [3.63, 3.8) is 0 Å². The Morgan fingerprint density at radius 1 is 1.21 bits per heavy atom. The number of benzene rings is 1. The SMILES string of the molecule is CC(C)(C)C(CC(=O)O)c1ccc2c(c1)CCCC2. The molecule has 0 amide bonds. The molecule has 0 fully saturated rings. The van der Waals surface area contributed by atoms with Crippen LogP contribution in [0.5, 0.6) is 0 Å². The zero-order valence-corrected chi connectivity index (χ0v) is 12.2. The highest BCUT2D eigenvalue weighted by Gasteiger charge is 2.29. The Balaban J connectivity index is 2.34. The summed E-state index contributed by atoms with van der Waals surface area (Å²) in [4.78, 5) is 11.1. The summed E-state index contributed by atoms with van der Waals surface area (Å²) >= 11 is 0. The number of aliphatic carboxylic acids is 1. The van der Waals surface area contributed by atoms with Crippen molar-refractivity contribution in [1.82, 2.24) is 0 Å². The monoisotopic (exact) mass is 260 g/mol. The lowest BCUT2D eigenvalue weighted by atomic mass is 9.73. The number of fused-ring (bicyclic) bond motifs is 1. The first-order valence-corrected chi connectivity index (χ1v) is 7.21. The minimum Gasteiger partial charge on any atom is -0.481 e. The topological polar surface area (TPSA) is 37.3 Å². The summed E-state index contributed by atoms with van der Waals surface area (Å²) in [6.07, 6.45) is 5.07. The highest BCUT2D eigenvalue weighted by molar-refractivity contribution is 5.68. The normalized spacial score (nSPS) is 16.8. The lowest BCUT2D eigenvalue weighted by Gasteiger charge is -2.31. The van der Waals surface area contributed by atoms with Crippen LogP contribution in [0.1, 0.15) is 62.6 Å². The zero-order valence-electron chi connectivity index (χ0n) is 12.2. The molecule has 1 aromatic rings. The van der Waals surface area contributed by atoms with Gasteiger partial charge in [0, 0.05) is 0 Å². The van der Waals surface area contributed by atoms with Crippen LogP contribution in [0.15, 0.2) is 18.2 Å². The van der Waals surface area contributed by atoms with Gasteiger partial charge in [0.05, 0.1) is 6.42 Å². The Morgan fingerprint density at radius 2 is 1.84 bits per heavy atom. The Morgan fingerprint density at radius 3 is 2.42 bits per heavy atom. The van der Waals surface area contributed by atoms with Gasteiger partial charge < -0.3 is 5.11 Å². The summed E-state index contributed by atoms with van der Waals surface area (Å²) in [6.45, 7) is 6.38. The molecular formula is C17H24O2. The molecule has 1 N–H and O–H groups in total. The number of hydrogen-bond acceptors (Lipinski definition) is 1. The number of carboxylic acids is 1. The van der Waals surface area contributed by atoms with Crippen LogP contribution >= 0.6 is 0 Å². The largest absolute Gasteiger partial charge is 0.481 e. The molecule has 1 unspecified atom stereocenters. The van der Waals surface area contributed by atoms with Gasteiger partial charge in [0.2, 0.25) is 0 Å². The first kappa shape index (κ1) is 14.1. The summed E-state index contributed by atoms with van der Waals surface area (Å²) in [5, 5.41) is 9.15. The molecule has 2 nitrogen and oxygen atoms in total. The number of carboxylic acid groups (broad SMARTS) is 1. The van der Waals surface area contributed by atoms with Gasteiger partial charge in [0.1, 0.15) is 0 Å². The van der Waals surface area contributed by atoms with Crippen LogP contribution in [-0.4, -0.2) is 11.1 Å². The molecule has 0 saturated carbocycles. The van der Waals surface area contributed by atoms with Crippen molar-refractivity contribution in [3.05, 3.63) is 34.9 Å². The van der Waals surface area contributed by atoms with Crippen LogP contribution in [0.2, 0.25) is 0 Å². The standard InChI is InChI=1S/C17H24O2/c1-17(2,3)15(11-16(18)19)14-9-8-12-6-4-5-7-13(12)10-14/h8-10,15H,4-7,11H2,1-3H3,(H,18,19). The van der Waals surface area contributed by atoms with Crippen molar-refractivity contribution in [2.75, 3.05) is 0 Å². The third-order valence-electron chi connectivity index (χ3n) is 4.20. The number of carbonyl (C=O) groups is 1. The van der Waals surface area contributed by atoms with Crippen molar-refractivity contribution < 1.29 is 9.90 Å². The maximum Gasteiger partial charge on any atom is 0.303 e. The molecule has 0 aromatic heterocycles. The fourth-order valence-electron chi connectivity index (χ4n) is 3.07. The second-order valence-corrected chi connectivity index (χ2v) is 6.75. The van der Waals surface area contributed by atoms with Crippen molar-refractivity contribution >= 4 is 5.97 Å².